The first-order chi connectivity index (χ1) is 11.0. The van der Waals surface area contributed by atoms with Crippen molar-refractivity contribution in [2.45, 2.75) is 6.92 Å². The van der Waals surface area contributed by atoms with E-state index < -0.39 is 0 Å². The highest BCUT2D eigenvalue weighted by molar-refractivity contribution is 7.11. The minimum atomic E-state index is -0.253. The van der Waals surface area contributed by atoms with Crippen molar-refractivity contribution in [3.63, 3.8) is 0 Å². The standard InChI is InChI=1S/C16H18FN3O2S/c1-11-14(23-16(22)18(11)2)15(21)20-9-7-19(8-10-20)13-5-3-12(17)4-6-13/h3-6H,7-10H2,1-2H3. The zero-order valence-electron chi connectivity index (χ0n) is 13.1. The van der Waals surface area contributed by atoms with E-state index in [0.717, 1.165) is 17.0 Å². The number of amides is 1. The van der Waals surface area contributed by atoms with Crippen molar-refractivity contribution < 1.29 is 9.18 Å². The molecular weight excluding hydrogens is 317 g/mol. The van der Waals surface area contributed by atoms with Crippen molar-refractivity contribution in [2.24, 2.45) is 7.05 Å². The van der Waals surface area contributed by atoms with Crippen LogP contribution in [-0.4, -0.2) is 41.6 Å². The molecule has 0 bridgehead atoms. The van der Waals surface area contributed by atoms with E-state index in [1.54, 1.807) is 31.0 Å². The summed E-state index contributed by atoms with van der Waals surface area (Å²) in [6.07, 6.45) is 0. The molecule has 0 radical (unpaired) electrons. The Hall–Kier alpha value is -2.15. The van der Waals surface area contributed by atoms with E-state index in [0.29, 0.717) is 36.8 Å². The highest BCUT2D eigenvalue weighted by Crippen LogP contribution is 2.19. The molecule has 5 nitrogen and oxygen atoms in total. The Kier molecular flexibility index (Phi) is 4.21. The average Bonchev–Trinajstić information content (AvgIpc) is 2.83. The van der Waals surface area contributed by atoms with Crippen LogP contribution in [0.15, 0.2) is 29.1 Å². The number of anilines is 1. The quantitative estimate of drug-likeness (QED) is 0.841. The predicted octanol–water partition coefficient (Wildman–Crippen LogP) is 1.86. The fourth-order valence-corrected chi connectivity index (χ4v) is 3.63. The Labute approximate surface area is 137 Å². The number of rotatable bonds is 2. The summed E-state index contributed by atoms with van der Waals surface area (Å²) in [5.74, 6) is -0.332. The molecule has 0 atom stereocenters. The van der Waals surface area contributed by atoms with Crippen molar-refractivity contribution in [3.8, 4) is 0 Å². The number of nitrogens with zero attached hydrogens (tertiary/aromatic N) is 3. The minimum absolute atomic E-state index is 0.0797. The summed E-state index contributed by atoms with van der Waals surface area (Å²) < 4.78 is 14.5. The molecule has 0 spiro atoms. The number of carbonyl (C=O) groups is 1. The number of halogens is 1. The highest BCUT2D eigenvalue weighted by Gasteiger charge is 2.25. The number of benzene rings is 1. The van der Waals surface area contributed by atoms with Crippen molar-refractivity contribution >= 4 is 22.9 Å². The Balaban J connectivity index is 1.69. The van der Waals surface area contributed by atoms with Crippen LogP contribution in [0.4, 0.5) is 10.1 Å². The first-order valence-corrected chi connectivity index (χ1v) is 8.25. The molecule has 0 saturated carbocycles. The van der Waals surface area contributed by atoms with Gasteiger partial charge in [0.15, 0.2) is 0 Å². The van der Waals surface area contributed by atoms with Crippen molar-refractivity contribution in [1.29, 1.82) is 0 Å². The zero-order valence-corrected chi connectivity index (χ0v) is 13.9. The molecule has 1 aliphatic rings. The SMILES string of the molecule is Cc1c(C(=O)N2CCN(c3ccc(F)cc3)CC2)sc(=O)n1C. The van der Waals surface area contributed by atoms with E-state index in [-0.39, 0.29) is 16.6 Å². The summed E-state index contributed by atoms with van der Waals surface area (Å²) >= 11 is 1.00. The van der Waals surface area contributed by atoms with Crippen molar-refractivity contribution in [1.82, 2.24) is 9.47 Å². The minimum Gasteiger partial charge on any atom is -0.368 e. The van der Waals surface area contributed by atoms with Crippen LogP contribution in [0.3, 0.4) is 0 Å². The second-order valence-corrected chi connectivity index (χ2v) is 6.56. The second kappa shape index (κ2) is 6.16. The van der Waals surface area contributed by atoms with Gasteiger partial charge in [-0.15, -0.1) is 0 Å². The number of aromatic nitrogens is 1. The Morgan fingerprint density at radius 2 is 1.74 bits per heavy atom. The number of thiazole rings is 1. The molecule has 0 unspecified atom stereocenters. The van der Waals surface area contributed by atoms with E-state index in [2.05, 4.69) is 4.90 Å². The molecule has 1 aliphatic heterocycles. The Bertz CT molecular complexity index is 774. The molecule has 1 aromatic heterocycles. The van der Waals surface area contributed by atoms with E-state index in [9.17, 15) is 14.0 Å². The van der Waals surface area contributed by atoms with E-state index in [4.69, 9.17) is 0 Å². The number of hydrogen-bond donors (Lipinski definition) is 0. The van der Waals surface area contributed by atoms with E-state index in [1.807, 2.05) is 0 Å². The van der Waals surface area contributed by atoms with Crippen LogP contribution in [0.2, 0.25) is 0 Å². The largest absolute Gasteiger partial charge is 0.368 e. The molecule has 2 aromatic rings. The third-order valence-electron chi connectivity index (χ3n) is 4.25. The zero-order chi connectivity index (χ0) is 16.6. The Morgan fingerprint density at radius 1 is 1.13 bits per heavy atom. The fraction of sp³-hybridized carbons (Fsp3) is 0.375. The lowest BCUT2D eigenvalue weighted by atomic mass is 10.2. The van der Waals surface area contributed by atoms with Gasteiger partial charge in [-0.3, -0.25) is 9.59 Å². The fourth-order valence-electron chi connectivity index (χ4n) is 2.68. The van der Waals surface area contributed by atoms with Gasteiger partial charge in [0, 0.05) is 44.6 Å². The van der Waals surface area contributed by atoms with Crippen molar-refractivity contribution in [3.05, 3.63) is 50.3 Å². The molecule has 1 amide bonds. The molecule has 2 heterocycles. The van der Waals surface area contributed by atoms with Crippen LogP contribution < -0.4 is 9.77 Å². The van der Waals surface area contributed by atoms with Gasteiger partial charge in [-0.25, -0.2) is 4.39 Å². The molecule has 0 aliphatic carbocycles. The van der Waals surface area contributed by atoms with Gasteiger partial charge < -0.3 is 14.4 Å². The molecule has 122 valence electrons. The van der Waals surface area contributed by atoms with Crippen LogP contribution in [0.5, 0.6) is 0 Å². The van der Waals surface area contributed by atoms with Gasteiger partial charge in [0.25, 0.3) is 5.91 Å². The first-order valence-electron chi connectivity index (χ1n) is 7.43. The third-order valence-corrected chi connectivity index (χ3v) is 5.37. The summed E-state index contributed by atoms with van der Waals surface area (Å²) in [4.78, 5) is 28.6. The maximum Gasteiger partial charge on any atom is 0.307 e. The second-order valence-electron chi connectivity index (χ2n) is 5.60. The van der Waals surface area contributed by atoms with Gasteiger partial charge in [0.1, 0.15) is 10.7 Å². The molecular formula is C16H18FN3O2S. The lowest BCUT2D eigenvalue weighted by Gasteiger charge is -2.36. The lowest BCUT2D eigenvalue weighted by Crippen LogP contribution is -2.48. The van der Waals surface area contributed by atoms with Crippen molar-refractivity contribution in [2.75, 3.05) is 31.1 Å². The van der Waals surface area contributed by atoms with Gasteiger partial charge in [0.2, 0.25) is 0 Å². The summed E-state index contributed by atoms with van der Waals surface area (Å²) in [5.41, 5.74) is 1.67. The highest BCUT2D eigenvalue weighted by atomic mass is 32.1. The summed E-state index contributed by atoms with van der Waals surface area (Å²) in [5, 5.41) is 0. The van der Waals surface area contributed by atoms with E-state index in [1.165, 1.54) is 16.7 Å². The average molecular weight is 335 g/mol. The van der Waals surface area contributed by atoms with Crippen LogP contribution in [-0.2, 0) is 7.05 Å². The van der Waals surface area contributed by atoms with Crippen LogP contribution in [0.25, 0.3) is 0 Å². The van der Waals surface area contributed by atoms with Gasteiger partial charge in [-0.1, -0.05) is 11.3 Å². The number of hydrogen-bond acceptors (Lipinski definition) is 4. The normalized spacial score (nSPS) is 15.1. The summed E-state index contributed by atoms with van der Waals surface area (Å²) in [7, 11) is 1.68. The topological polar surface area (TPSA) is 45.6 Å². The molecule has 7 heteroatoms. The molecule has 0 N–H and O–H groups in total. The van der Waals surface area contributed by atoms with Crippen LogP contribution in [0.1, 0.15) is 15.4 Å². The van der Waals surface area contributed by atoms with Gasteiger partial charge >= 0.3 is 4.87 Å². The molecule has 1 saturated heterocycles. The van der Waals surface area contributed by atoms with Gasteiger partial charge in [-0.2, -0.15) is 0 Å². The predicted molar refractivity (Wildman–Crippen MR) is 88.8 cm³/mol. The summed E-state index contributed by atoms with van der Waals surface area (Å²) in [6.45, 7) is 4.35. The van der Waals surface area contributed by atoms with Gasteiger partial charge in [0.05, 0.1) is 0 Å². The maximum atomic E-state index is 13.0. The number of carbonyl (C=O) groups excluding carboxylic acids is 1. The number of piperazine rings is 1. The first kappa shape index (κ1) is 15.7. The summed E-state index contributed by atoms with van der Waals surface area (Å²) in [6, 6.07) is 6.38. The van der Waals surface area contributed by atoms with E-state index >= 15 is 0 Å². The lowest BCUT2D eigenvalue weighted by molar-refractivity contribution is 0.0750. The van der Waals surface area contributed by atoms with Gasteiger partial charge in [-0.05, 0) is 31.2 Å². The van der Waals surface area contributed by atoms with Crippen LogP contribution >= 0.6 is 11.3 Å². The molecule has 23 heavy (non-hydrogen) atoms. The Morgan fingerprint density at radius 3 is 2.26 bits per heavy atom. The van der Waals surface area contributed by atoms with Crippen LogP contribution in [0, 0.1) is 12.7 Å². The maximum absolute atomic E-state index is 13.0. The molecule has 3 rings (SSSR count). The molecule has 1 aromatic carbocycles. The monoisotopic (exact) mass is 335 g/mol. The third kappa shape index (κ3) is 3.01. The molecule has 1 fully saturated rings. The smallest absolute Gasteiger partial charge is 0.307 e.